The fraction of sp³-hybridized carbons (Fsp3) is 0.0625. The van der Waals surface area contributed by atoms with Crippen LogP contribution in [0.3, 0.4) is 0 Å². The molecule has 7 heteroatoms. The standard InChI is InChI=1S/C16H11F2N3O2/c17-12-6-11(7-13(18)8-12)15(22)19-9-14-20-16(23-21-14)10-4-2-1-3-5-10/h1-8H,9H2,(H,19,22). The van der Waals surface area contributed by atoms with Crippen LogP contribution in [0, 0.1) is 11.6 Å². The van der Waals surface area contributed by atoms with Gasteiger partial charge in [-0.15, -0.1) is 0 Å². The minimum atomic E-state index is -0.818. The molecule has 1 aromatic heterocycles. The first-order valence-corrected chi connectivity index (χ1v) is 6.74. The fourth-order valence-electron chi connectivity index (χ4n) is 1.97. The van der Waals surface area contributed by atoms with E-state index in [0.717, 1.165) is 17.7 Å². The van der Waals surface area contributed by atoms with Crippen molar-refractivity contribution in [3.05, 3.63) is 71.6 Å². The summed E-state index contributed by atoms with van der Waals surface area (Å²) in [5.74, 6) is -1.68. The number of amides is 1. The van der Waals surface area contributed by atoms with Crippen molar-refractivity contribution in [3.8, 4) is 11.5 Å². The maximum Gasteiger partial charge on any atom is 0.257 e. The fourth-order valence-corrected chi connectivity index (χ4v) is 1.97. The molecule has 23 heavy (non-hydrogen) atoms. The molecule has 1 amide bonds. The Morgan fingerprint density at radius 1 is 1.09 bits per heavy atom. The molecule has 0 bridgehead atoms. The molecule has 1 N–H and O–H groups in total. The molecule has 0 saturated heterocycles. The molecule has 116 valence electrons. The van der Waals surface area contributed by atoms with Crippen LogP contribution < -0.4 is 5.32 Å². The monoisotopic (exact) mass is 315 g/mol. The van der Waals surface area contributed by atoms with Crippen LogP contribution in [0.15, 0.2) is 53.1 Å². The topological polar surface area (TPSA) is 68.0 Å². The van der Waals surface area contributed by atoms with Crippen molar-refractivity contribution in [2.45, 2.75) is 6.54 Å². The van der Waals surface area contributed by atoms with Crippen LogP contribution >= 0.6 is 0 Å². The average molecular weight is 315 g/mol. The third-order valence-corrected chi connectivity index (χ3v) is 3.02. The zero-order chi connectivity index (χ0) is 16.2. The third kappa shape index (κ3) is 3.57. The predicted molar refractivity (Wildman–Crippen MR) is 77.3 cm³/mol. The molecule has 0 saturated carbocycles. The number of halogens is 2. The van der Waals surface area contributed by atoms with Gasteiger partial charge in [-0.25, -0.2) is 8.78 Å². The maximum atomic E-state index is 13.1. The highest BCUT2D eigenvalue weighted by atomic mass is 19.1. The predicted octanol–water partition coefficient (Wildman–Crippen LogP) is 2.94. The Kier molecular flexibility index (Phi) is 4.09. The number of hydrogen-bond acceptors (Lipinski definition) is 4. The summed E-state index contributed by atoms with van der Waals surface area (Å²) < 4.78 is 31.3. The highest BCUT2D eigenvalue weighted by Gasteiger charge is 2.12. The van der Waals surface area contributed by atoms with E-state index in [-0.39, 0.29) is 17.9 Å². The Hall–Kier alpha value is -3.09. The van der Waals surface area contributed by atoms with Crippen molar-refractivity contribution in [2.75, 3.05) is 0 Å². The Morgan fingerprint density at radius 3 is 2.48 bits per heavy atom. The average Bonchev–Trinajstić information content (AvgIpc) is 3.01. The van der Waals surface area contributed by atoms with E-state index in [1.54, 1.807) is 0 Å². The third-order valence-electron chi connectivity index (χ3n) is 3.02. The van der Waals surface area contributed by atoms with Gasteiger partial charge in [-0.1, -0.05) is 23.4 Å². The van der Waals surface area contributed by atoms with Gasteiger partial charge in [0.1, 0.15) is 11.6 Å². The number of aromatic nitrogens is 2. The van der Waals surface area contributed by atoms with Crippen LogP contribution in [0.25, 0.3) is 11.5 Å². The van der Waals surface area contributed by atoms with Gasteiger partial charge in [0.05, 0.1) is 6.54 Å². The molecule has 0 aliphatic carbocycles. The lowest BCUT2D eigenvalue weighted by Crippen LogP contribution is -2.23. The zero-order valence-corrected chi connectivity index (χ0v) is 11.8. The summed E-state index contributed by atoms with van der Waals surface area (Å²) in [4.78, 5) is 16.0. The Labute approximate surface area is 130 Å². The number of hydrogen-bond donors (Lipinski definition) is 1. The minimum Gasteiger partial charge on any atom is -0.345 e. The highest BCUT2D eigenvalue weighted by Crippen LogP contribution is 2.16. The lowest BCUT2D eigenvalue weighted by Gasteiger charge is -2.02. The van der Waals surface area contributed by atoms with E-state index in [0.29, 0.717) is 12.0 Å². The molecule has 2 aromatic carbocycles. The van der Waals surface area contributed by atoms with Crippen LogP contribution in [-0.2, 0) is 6.54 Å². The molecule has 0 aliphatic rings. The highest BCUT2D eigenvalue weighted by molar-refractivity contribution is 5.94. The minimum absolute atomic E-state index is 0.0205. The van der Waals surface area contributed by atoms with E-state index in [1.807, 2.05) is 30.3 Å². The van der Waals surface area contributed by atoms with Crippen LogP contribution in [0.4, 0.5) is 8.78 Å². The quantitative estimate of drug-likeness (QED) is 0.804. The van der Waals surface area contributed by atoms with Gasteiger partial charge in [0.2, 0.25) is 0 Å². The van der Waals surface area contributed by atoms with Crippen LogP contribution in [0.2, 0.25) is 0 Å². The molecular formula is C16H11F2N3O2. The summed E-state index contributed by atoms with van der Waals surface area (Å²) >= 11 is 0. The van der Waals surface area contributed by atoms with E-state index < -0.39 is 17.5 Å². The smallest absolute Gasteiger partial charge is 0.257 e. The first-order valence-electron chi connectivity index (χ1n) is 6.74. The summed E-state index contributed by atoms with van der Waals surface area (Å²) in [7, 11) is 0. The van der Waals surface area contributed by atoms with Gasteiger partial charge in [-0.2, -0.15) is 4.98 Å². The molecule has 0 radical (unpaired) electrons. The number of benzene rings is 2. The van der Waals surface area contributed by atoms with Gasteiger partial charge in [0, 0.05) is 17.2 Å². The lowest BCUT2D eigenvalue weighted by molar-refractivity contribution is 0.0948. The number of carbonyl (C=O) groups excluding carboxylic acids is 1. The van der Waals surface area contributed by atoms with Gasteiger partial charge in [-0.3, -0.25) is 4.79 Å². The molecule has 0 fully saturated rings. The van der Waals surface area contributed by atoms with E-state index in [4.69, 9.17) is 4.52 Å². The van der Waals surface area contributed by atoms with Crippen LogP contribution in [0.1, 0.15) is 16.2 Å². The number of nitrogens with zero attached hydrogens (tertiary/aromatic N) is 2. The largest absolute Gasteiger partial charge is 0.345 e. The molecule has 0 aliphatic heterocycles. The Balaban J connectivity index is 1.67. The lowest BCUT2D eigenvalue weighted by atomic mass is 10.2. The van der Waals surface area contributed by atoms with E-state index in [1.165, 1.54) is 0 Å². The van der Waals surface area contributed by atoms with Gasteiger partial charge < -0.3 is 9.84 Å². The van der Waals surface area contributed by atoms with Crippen molar-refractivity contribution in [2.24, 2.45) is 0 Å². The number of rotatable bonds is 4. The molecule has 0 spiro atoms. The van der Waals surface area contributed by atoms with Crippen molar-refractivity contribution in [1.82, 2.24) is 15.5 Å². The second-order valence-electron chi connectivity index (χ2n) is 4.72. The Morgan fingerprint density at radius 2 is 1.78 bits per heavy atom. The molecule has 0 atom stereocenters. The first kappa shape index (κ1) is 14.8. The molecule has 3 rings (SSSR count). The van der Waals surface area contributed by atoms with Crippen molar-refractivity contribution < 1.29 is 18.1 Å². The van der Waals surface area contributed by atoms with Gasteiger partial charge in [0.25, 0.3) is 11.8 Å². The normalized spacial score (nSPS) is 10.5. The van der Waals surface area contributed by atoms with Gasteiger partial charge >= 0.3 is 0 Å². The summed E-state index contributed by atoms with van der Waals surface area (Å²) in [5.41, 5.74) is 0.638. The van der Waals surface area contributed by atoms with E-state index in [9.17, 15) is 13.6 Å². The number of carbonyl (C=O) groups is 1. The summed E-state index contributed by atoms with van der Waals surface area (Å²) in [6.45, 7) is -0.0205. The van der Waals surface area contributed by atoms with E-state index >= 15 is 0 Å². The van der Waals surface area contributed by atoms with Gasteiger partial charge in [-0.05, 0) is 24.3 Å². The van der Waals surface area contributed by atoms with Crippen LogP contribution in [0.5, 0.6) is 0 Å². The van der Waals surface area contributed by atoms with Crippen molar-refractivity contribution in [3.63, 3.8) is 0 Å². The van der Waals surface area contributed by atoms with Crippen LogP contribution in [-0.4, -0.2) is 16.0 Å². The summed E-state index contributed by atoms with van der Waals surface area (Å²) in [6.07, 6.45) is 0. The summed E-state index contributed by atoms with van der Waals surface area (Å²) in [6, 6.07) is 11.7. The second kappa shape index (κ2) is 6.35. The van der Waals surface area contributed by atoms with E-state index in [2.05, 4.69) is 15.5 Å². The second-order valence-corrected chi connectivity index (χ2v) is 4.72. The van der Waals surface area contributed by atoms with Crippen molar-refractivity contribution in [1.29, 1.82) is 0 Å². The molecule has 5 nitrogen and oxygen atoms in total. The maximum absolute atomic E-state index is 13.1. The molecular weight excluding hydrogens is 304 g/mol. The summed E-state index contributed by atoms with van der Waals surface area (Å²) in [5, 5.41) is 6.22. The Bertz CT molecular complexity index is 814. The molecule has 1 heterocycles. The first-order chi connectivity index (χ1) is 11.1. The molecule has 3 aromatic rings. The van der Waals surface area contributed by atoms with Gasteiger partial charge in [0.15, 0.2) is 5.82 Å². The number of nitrogens with one attached hydrogen (secondary N) is 1. The SMILES string of the molecule is O=C(NCc1noc(-c2ccccc2)n1)c1cc(F)cc(F)c1. The zero-order valence-electron chi connectivity index (χ0n) is 11.8. The van der Waals surface area contributed by atoms with Crippen molar-refractivity contribution >= 4 is 5.91 Å². The molecule has 0 unspecified atom stereocenters.